The number of thioether (sulfide) groups is 1. The molecule has 1 amide bonds. The Morgan fingerprint density at radius 2 is 2.22 bits per heavy atom. The standard InChI is InChI=1S/C17H21N3O2S/c1-4-10-18-15(21)12(3)23-17-19-14-9-7-6-8-13(14)16(22)20(17)11-5-2/h5-9,12H,2,4,10-11H2,1,3H3,(H,18,21). The van der Waals surface area contributed by atoms with Gasteiger partial charge in [-0.3, -0.25) is 14.2 Å². The Balaban J connectivity index is 2.38. The number of carbonyl (C=O) groups excluding carboxylic acids is 1. The molecule has 0 aliphatic heterocycles. The van der Waals surface area contributed by atoms with Crippen molar-refractivity contribution in [3.8, 4) is 0 Å². The van der Waals surface area contributed by atoms with Crippen molar-refractivity contribution in [1.29, 1.82) is 0 Å². The minimum atomic E-state index is -0.328. The van der Waals surface area contributed by atoms with Gasteiger partial charge < -0.3 is 5.32 Å². The average Bonchev–Trinajstić information content (AvgIpc) is 2.56. The van der Waals surface area contributed by atoms with E-state index in [9.17, 15) is 9.59 Å². The van der Waals surface area contributed by atoms with Crippen molar-refractivity contribution >= 4 is 28.6 Å². The molecule has 0 aliphatic carbocycles. The molecule has 5 nitrogen and oxygen atoms in total. The molecule has 0 saturated heterocycles. The Kier molecular flexibility index (Phi) is 5.98. The second kappa shape index (κ2) is 7.97. The summed E-state index contributed by atoms with van der Waals surface area (Å²) in [5, 5.41) is 3.64. The lowest BCUT2D eigenvalue weighted by Crippen LogP contribution is -2.32. The van der Waals surface area contributed by atoms with Crippen LogP contribution in [0.3, 0.4) is 0 Å². The van der Waals surface area contributed by atoms with Crippen LogP contribution in [0.2, 0.25) is 0 Å². The van der Waals surface area contributed by atoms with E-state index in [0.29, 0.717) is 29.1 Å². The summed E-state index contributed by atoms with van der Waals surface area (Å²) in [5.74, 6) is -0.0515. The number of allylic oxidation sites excluding steroid dienone is 1. The SMILES string of the molecule is C=CCn1c(SC(C)C(=O)NCCC)nc2ccccc2c1=O. The summed E-state index contributed by atoms with van der Waals surface area (Å²) in [6.45, 7) is 8.53. The third kappa shape index (κ3) is 4.01. The molecule has 0 saturated carbocycles. The zero-order valence-electron chi connectivity index (χ0n) is 13.4. The minimum Gasteiger partial charge on any atom is -0.355 e. The zero-order valence-corrected chi connectivity index (χ0v) is 14.2. The van der Waals surface area contributed by atoms with E-state index in [4.69, 9.17) is 0 Å². The molecule has 0 spiro atoms. The highest BCUT2D eigenvalue weighted by molar-refractivity contribution is 8.00. The lowest BCUT2D eigenvalue weighted by Gasteiger charge is -2.15. The second-order valence-electron chi connectivity index (χ2n) is 5.17. The van der Waals surface area contributed by atoms with Crippen LogP contribution in [0, 0.1) is 0 Å². The van der Waals surface area contributed by atoms with Crippen LogP contribution in [-0.2, 0) is 11.3 Å². The molecule has 0 aliphatic rings. The molecule has 0 radical (unpaired) electrons. The smallest absolute Gasteiger partial charge is 0.262 e. The largest absolute Gasteiger partial charge is 0.355 e. The van der Waals surface area contributed by atoms with Gasteiger partial charge >= 0.3 is 0 Å². The van der Waals surface area contributed by atoms with Crippen LogP contribution in [0.25, 0.3) is 10.9 Å². The molecule has 1 atom stereocenters. The highest BCUT2D eigenvalue weighted by Crippen LogP contribution is 2.22. The fourth-order valence-electron chi connectivity index (χ4n) is 2.13. The molecule has 6 heteroatoms. The summed E-state index contributed by atoms with van der Waals surface area (Å²) in [6, 6.07) is 7.23. The van der Waals surface area contributed by atoms with Crippen LogP contribution >= 0.6 is 11.8 Å². The fourth-order valence-corrected chi connectivity index (χ4v) is 3.07. The van der Waals surface area contributed by atoms with Gasteiger partial charge in [0.1, 0.15) is 0 Å². The molecule has 1 N–H and O–H groups in total. The van der Waals surface area contributed by atoms with Gasteiger partial charge in [-0.05, 0) is 25.5 Å². The Bertz CT molecular complexity index is 770. The summed E-state index contributed by atoms with van der Waals surface area (Å²) < 4.78 is 1.56. The normalized spacial score (nSPS) is 12.1. The van der Waals surface area contributed by atoms with Gasteiger partial charge in [0.05, 0.1) is 16.2 Å². The topological polar surface area (TPSA) is 64.0 Å². The molecule has 122 valence electrons. The van der Waals surface area contributed by atoms with E-state index in [1.807, 2.05) is 26.0 Å². The Morgan fingerprint density at radius 3 is 2.91 bits per heavy atom. The molecule has 2 rings (SSSR count). The second-order valence-corrected chi connectivity index (χ2v) is 6.48. The number of aromatic nitrogens is 2. The number of hydrogen-bond donors (Lipinski definition) is 1. The highest BCUT2D eigenvalue weighted by atomic mass is 32.2. The van der Waals surface area contributed by atoms with Crippen molar-refractivity contribution in [2.75, 3.05) is 6.54 Å². The molecule has 2 aromatic rings. The quantitative estimate of drug-likeness (QED) is 0.481. The maximum absolute atomic E-state index is 12.6. The number of para-hydroxylation sites is 1. The first-order valence-corrected chi connectivity index (χ1v) is 8.51. The van der Waals surface area contributed by atoms with E-state index >= 15 is 0 Å². The van der Waals surface area contributed by atoms with E-state index < -0.39 is 0 Å². The molecule has 1 aromatic heterocycles. The van der Waals surface area contributed by atoms with Crippen molar-refractivity contribution in [1.82, 2.24) is 14.9 Å². The van der Waals surface area contributed by atoms with E-state index in [2.05, 4.69) is 16.9 Å². The summed E-state index contributed by atoms with van der Waals surface area (Å²) in [5.41, 5.74) is 0.528. The van der Waals surface area contributed by atoms with Crippen LogP contribution in [0.5, 0.6) is 0 Å². The number of rotatable bonds is 7. The molecule has 1 unspecified atom stereocenters. The number of nitrogens with one attached hydrogen (secondary N) is 1. The van der Waals surface area contributed by atoms with Gasteiger partial charge in [-0.1, -0.05) is 36.9 Å². The van der Waals surface area contributed by atoms with Crippen LogP contribution < -0.4 is 10.9 Å². The number of fused-ring (bicyclic) bond motifs is 1. The van der Waals surface area contributed by atoms with Crippen LogP contribution in [0.15, 0.2) is 46.9 Å². The molecule has 1 heterocycles. The molecule has 0 bridgehead atoms. The highest BCUT2D eigenvalue weighted by Gasteiger charge is 2.18. The molecular weight excluding hydrogens is 310 g/mol. The maximum atomic E-state index is 12.6. The van der Waals surface area contributed by atoms with E-state index in [0.717, 1.165) is 6.42 Å². The Labute approximate surface area is 139 Å². The monoisotopic (exact) mass is 331 g/mol. The van der Waals surface area contributed by atoms with Gasteiger partial charge in [-0.25, -0.2) is 4.98 Å². The number of carbonyl (C=O) groups is 1. The van der Waals surface area contributed by atoms with E-state index in [-0.39, 0.29) is 16.7 Å². The Hall–Kier alpha value is -2.08. The summed E-state index contributed by atoms with van der Waals surface area (Å²) in [6.07, 6.45) is 2.54. The van der Waals surface area contributed by atoms with Crippen LogP contribution in [0.4, 0.5) is 0 Å². The number of hydrogen-bond acceptors (Lipinski definition) is 4. The number of amides is 1. The lowest BCUT2D eigenvalue weighted by atomic mass is 10.2. The van der Waals surface area contributed by atoms with Crippen LogP contribution in [-0.4, -0.2) is 27.3 Å². The Morgan fingerprint density at radius 1 is 1.48 bits per heavy atom. The van der Waals surface area contributed by atoms with Gasteiger partial charge in [0.15, 0.2) is 5.16 Å². The van der Waals surface area contributed by atoms with Crippen molar-refractivity contribution in [3.63, 3.8) is 0 Å². The zero-order chi connectivity index (χ0) is 16.8. The third-order valence-electron chi connectivity index (χ3n) is 3.34. The van der Waals surface area contributed by atoms with Crippen molar-refractivity contribution < 1.29 is 4.79 Å². The van der Waals surface area contributed by atoms with Crippen molar-refractivity contribution in [3.05, 3.63) is 47.3 Å². The van der Waals surface area contributed by atoms with Crippen molar-refractivity contribution in [2.45, 2.75) is 37.2 Å². The predicted molar refractivity (Wildman–Crippen MR) is 94.8 cm³/mol. The number of nitrogens with zero attached hydrogens (tertiary/aromatic N) is 2. The van der Waals surface area contributed by atoms with Crippen LogP contribution in [0.1, 0.15) is 20.3 Å². The number of benzene rings is 1. The van der Waals surface area contributed by atoms with E-state index in [1.54, 1.807) is 22.8 Å². The summed E-state index contributed by atoms with van der Waals surface area (Å²) in [4.78, 5) is 29.2. The van der Waals surface area contributed by atoms with Gasteiger partial charge in [0.25, 0.3) is 5.56 Å². The fraction of sp³-hybridized carbons (Fsp3) is 0.353. The minimum absolute atomic E-state index is 0.0515. The van der Waals surface area contributed by atoms with E-state index in [1.165, 1.54) is 11.8 Å². The lowest BCUT2D eigenvalue weighted by molar-refractivity contribution is -0.120. The van der Waals surface area contributed by atoms with Gasteiger partial charge in [-0.2, -0.15) is 0 Å². The first-order chi connectivity index (χ1) is 11.1. The summed E-state index contributed by atoms with van der Waals surface area (Å²) >= 11 is 1.29. The van der Waals surface area contributed by atoms with Gasteiger partial charge in [0.2, 0.25) is 5.91 Å². The van der Waals surface area contributed by atoms with Crippen molar-refractivity contribution in [2.24, 2.45) is 0 Å². The third-order valence-corrected chi connectivity index (χ3v) is 4.43. The van der Waals surface area contributed by atoms with Gasteiger partial charge in [-0.15, -0.1) is 6.58 Å². The van der Waals surface area contributed by atoms with Gasteiger partial charge in [0, 0.05) is 13.1 Å². The molecule has 23 heavy (non-hydrogen) atoms. The predicted octanol–water partition coefficient (Wildman–Crippen LogP) is 2.59. The molecule has 0 fully saturated rings. The molecular formula is C17H21N3O2S. The average molecular weight is 331 g/mol. The summed E-state index contributed by atoms with van der Waals surface area (Å²) in [7, 11) is 0. The first-order valence-electron chi connectivity index (χ1n) is 7.63. The first kappa shape index (κ1) is 17.3. The maximum Gasteiger partial charge on any atom is 0.262 e. The molecule has 1 aromatic carbocycles.